The molecule has 0 aliphatic carbocycles. The van der Waals surface area contributed by atoms with Crippen LogP contribution >= 0.6 is 11.6 Å². The highest BCUT2D eigenvalue weighted by Crippen LogP contribution is 2.20. The van der Waals surface area contributed by atoms with E-state index in [4.69, 9.17) is 11.6 Å². The van der Waals surface area contributed by atoms with Crippen molar-refractivity contribution in [3.63, 3.8) is 0 Å². The fourth-order valence-electron chi connectivity index (χ4n) is 1.71. The predicted molar refractivity (Wildman–Crippen MR) is 73.4 cm³/mol. The maximum atomic E-state index is 6.24. The van der Waals surface area contributed by atoms with Crippen LogP contribution < -0.4 is 5.32 Å². The van der Waals surface area contributed by atoms with Gasteiger partial charge in [-0.2, -0.15) is 5.10 Å². The Morgan fingerprint density at radius 2 is 2.00 bits per heavy atom. The fraction of sp³-hybridized carbons (Fsp3) is 0.769. The van der Waals surface area contributed by atoms with Gasteiger partial charge in [0.15, 0.2) is 0 Å². The minimum absolute atomic E-state index is 0.373. The molecule has 1 rings (SSSR count). The Labute approximate surface area is 110 Å². The Morgan fingerprint density at radius 1 is 1.35 bits per heavy atom. The molecule has 0 spiro atoms. The lowest BCUT2D eigenvalue weighted by atomic mass is 9.92. The number of halogens is 1. The summed E-state index contributed by atoms with van der Waals surface area (Å²) in [6.45, 7) is 13.5. The summed E-state index contributed by atoms with van der Waals surface area (Å²) >= 11 is 6.24. The lowest BCUT2D eigenvalue weighted by molar-refractivity contribution is 0.365. The van der Waals surface area contributed by atoms with Crippen LogP contribution in [0.15, 0.2) is 0 Å². The van der Waals surface area contributed by atoms with Gasteiger partial charge in [0.05, 0.1) is 16.4 Å². The minimum Gasteiger partial charge on any atom is -0.311 e. The summed E-state index contributed by atoms with van der Waals surface area (Å²) in [5.74, 6) is 0. The van der Waals surface area contributed by atoms with Crippen LogP contribution in [0.3, 0.4) is 0 Å². The van der Waals surface area contributed by atoms with Crippen LogP contribution in [0.5, 0.6) is 0 Å². The lowest BCUT2D eigenvalue weighted by Gasteiger charge is -2.18. The van der Waals surface area contributed by atoms with Crippen LogP contribution in [0.4, 0.5) is 0 Å². The zero-order chi connectivity index (χ0) is 13.1. The Hall–Kier alpha value is -0.540. The standard InChI is InChI=1S/C13H24ClN3/c1-6-17-11(12(14)10(2)16-17)9-15-8-7-13(3,4)5/h15H,6-9H2,1-5H3. The Bertz CT molecular complexity index is 363. The van der Waals surface area contributed by atoms with Gasteiger partial charge in [-0.1, -0.05) is 32.4 Å². The summed E-state index contributed by atoms with van der Waals surface area (Å²) in [6, 6.07) is 0. The molecule has 0 unspecified atom stereocenters. The van der Waals surface area contributed by atoms with E-state index in [0.29, 0.717) is 5.41 Å². The molecule has 0 amide bonds. The summed E-state index contributed by atoms with van der Waals surface area (Å²) in [7, 11) is 0. The molecule has 0 fully saturated rings. The first-order valence-corrected chi connectivity index (χ1v) is 6.65. The molecule has 17 heavy (non-hydrogen) atoms. The van der Waals surface area contributed by atoms with Crippen molar-refractivity contribution in [1.29, 1.82) is 0 Å². The zero-order valence-electron chi connectivity index (χ0n) is 11.6. The van der Waals surface area contributed by atoms with Crippen LogP contribution in [0, 0.1) is 12.3 Å². The molecule has 0 saturated carbocycles. The summed E-state index contributed by atoms with van der Waals surface area (Å²) in [6.07, 6.45) is 1.16. The van der Waals surface area contributed by atoms with Crippen LogP contribution in [-0.2, 0) is 13.1 Å². The molecule has 0 bridgehead atoms. The first-order chi connectivity index (χ1) is 7.85. The second-order valence-electron chi connectivity index (χ2n) is 5.65. The number of nitrogens with one attached hydrogen (secondary N) is 1. The van der Waals surface area contributed by atoms with E-state index in [2.05, 4.69) is 38.1 Å². The maximum Gasteiger partial charge on any atom is 0.0860 e. The van der Waals surface area contributed by atoms with Crippen LogP contribution in [0.25, 0.3) is 0 Å². The first-order valence-electron chi connectivity index (χ1n) is 6.27. The number of hydrogen-bond donors (Lipinski definition) is 1. The molecule has 0 atom stereocenters. The Morgan fingerprint density at radius 3 is 2.53 bits per heavy atom. The van der Waals surface area contributed by atoms with Gasteiger partial charge < -0.3 is 5.32 Å². The Balaban J connectivity index is 2.52. The van der Waals surface area contributed by atoms with Gasteiger partial charge in [-0.15, -0.1) is 0 Å². The van der Waals surface area contributed by atoms with E-state index in [0.717, 1.165) is 42.5 Å². The van der Waals surface area contributed by atoms with Crippen molar-refractivity contribution >= 4 is 11.6 Å². The van der Waals surface area contributed by atoms with Gasteiger partial charge >= 0.3 is 0 Å². The predicted octanol–water partition coefficient (Wildman–Crippen LogP) is 3.39. The molecular weight excluding hydrogens is 234 g/mol. The van der Waals surface area contributed by atoms with E-state index in [1.54, 1.807) is 0 Å². The summed E-state index contributed by atoms with van der Waals surface area (Å²) in [4.78, 5) is 0. The van der Waals surface area contributed by atoms with E-state index in [9.17, 15) is 0 Å². The topological polar surface area (TPSA) is 29.9 Å². The molecule has 1 aromatic rings. The highest BCUT2D eigenvalue weighted by molar-refractivity contribution is 6.31. The maximum absolute atomic E-state index is 6.24. The smallest absolute Gasteiger partial charge is 0.0860 e. The highest BCUT2D eigenvalue weighted by atomic mass is 35.5. The van der Waals surface area contributed by atoms with E-state index in [1.807, 2.05) is 11.6 Å². The summed E-state index contributed by atoms with van der Waals surface area (Å²) in [5.41, 5.74) is 2.39. The van der Waals surface area contributed by atoms with E-state index >= 15 is 0 Å². The number of rotatable bonds is 5. The molecule has 0 radical (unpaired) electrons. The van der Waals surface area contributed by atoms with Crippen molar-refractivity contribution in [1.82, 2.24) is 15.1 Å². The molecule has 0 saturated heterocycles. The van der Waals surface area contributed by atoms with Gasteiger partial charge in [-0.05, 0) is 32.2 Å². The quantitative estimate of drug-likeness (QED) is 0.820. The van der Waals surface area contributed by atoms with Gasteiger partial charge in [0, 0.05) is 13.1 Å². The van der Waals surface area contributed by atoms with E-state index in [1.165, 1.54) is 0 Å². The van der Waals surface area contributed by atoms with Gasteiger partial charge in [0.25, 0.3) is 0 Å². The summed E-state index contributed by atoms with van der Waals surface area (Å²) in [5, 5.41) is 8.64. The normalized spacial score (nSPS) is 12.1. The molecule has 0 aliphatic heterocycles. The molecule has 3 nitrogen and oxygen atoms in total. The van der Waals surface area contributed by atoms with Gasteiger partial charge in [-0.25, -0.2) is 0 Å². The number of nitrogens with zero attached hydrogens (tertiary/aromatic N) is 2. The molecule has 0 aromatic carbocycles. The van der Waals surface area contributed by atoms with Crippen molar-refractivity contribution in [3.8, 4) is 0 Å². The molecule has 1 heterocycles. The van der Waals surface area contributed by atoms with Crippen molar-refractivity contribution < 1.29 is 0 Å². The van der Waals surface area contributed by atoms with Crippen LogP contribution in [-0.4, -0.2) is 16.3 Å². The third-order valence-corrected chi connectivity index (χ3v) is 3.29. The molecule has 1 N–H and O–H groups in total. The van der Waals surface area contributed by atoms with Crippen LogP contribution in [0.2, 0.25) is 5.02 Å². The van der Waals surface area contributed by atoms with E-state index < -0.39 is 0 Å². The monoisotopic (exact) mass is 257 g/mol. The summed E-state index contributed by atoms with van der Waals surface area (Å²) < 4.78 is 1.97. The SMILES string of the molecule is CCn1nc(C)c(Cl)c1CNCCC(C)(C)C. The largest absolute Gasteiger partial charge is 0.311 e. The number of aromatic nitrogens is 2. The van der Waals surface area contributed by atoms with Gasteiger partial charge in [0.2, 0.25) is 0 Å². The average molecular weight is 258 g/mol. The molecular formula is C13H24ClN3. The minimum atomic E-state index is 0.373. The van der Waals surface area contributed by atoms with Crippen molar-refractivity contribution in [3.05, 3.63) is 16.4 Å². The Kier molecular flexibility index (Phi) is 5.02. The second-order valence-corrected chi connectivity index (χ2v) is 6.03. The van der Waals surface area contributed by atoms with Crippen molar-refractivity contribution in [2.24, 2.45) is 5.41 Å². The third kappa shape index (κ3) is 4.32. The first kappa shape index (κ1) is 14.5. The third-order valence-electron chi connectivity index (χ3n) is 2.80. The number of aryl methyl sites for hydroxylation is 2. The van der Waals surface area contributed by atoms with Crippen LogP contribution in [0.1, 0.15) is 45.5 Å². The molecule has 1 aromatic heterocycles. The van der Waals surface area contributed by atoms with Crippen molar-refractivity contribution in [2.45, 2.75) is 54.1 Å². The number of hydrogen-bond acceptors (Lipinski definition) is 2. The van der Waals surface area contributed by atoms with Crippen molar-refractivity contribution in [2.75, 3.05) is 6.54 Å². The van der Waals surface area contributed by atoms with E-state index in [-0.39, 0.29) is 0 Å². The highest BCUT2D eigenvalue weighted by Gasteiger charge is 2.13. The molecule has 0 aliphatic rings. The zero-order valence-corrected chi connectivity index (χ0v) is 12.4. The molecule has 98 valence electrons. The van der Waals surface area contributed by atoms with Gasteiger partial charge in [0.1, 0.15) is 0 Å². The lowest BCUT2D eigenvalue weighted by Crippen LogP contribution is -2.22. The fourth-order valence-corrected chi connectivity index (χ4v) is 1.91. The van der Waals surface area contributed by atoms with Gasteiger partial charge in [-0.3, -0.25) is 4.68 Å². The average Bonchev–Trinajstić information content (AvgIpc) is 2.49. The molecule has 4 heteroatoms. The second kappa shape index (κ2) is 5.87.